The van der Waals surface area contributed by atoms with Crippen molar-refractivity contribution in [2.75, 3.05) is 26.2 Å². The Morgan fingerprint density at radius 1 is 0.679 bits per heavy atom. The van der Waals surface area contributed by atoms with E-state index in [9.17, 15) is 9.59 Å². The molecule has 140 valence electrons. The summed E-state index contributed by atoms with van der Waals surface area (Å²) in [4.78, 5) is 33.1. The number of piperazine rings is 1. The van der Waals surface area contributed by atoms with Gasteiger partial charge in [0.1, 0.15) is 5.69 Å². The lowest BCUT2D eigenvalue weighted by Gasteiger charge is -2.34. The van der Waals surface area contributed by atoms with E-state index in [0.717, 1.165) is 11.1 Å². The molecule has 3 aromatic rings. The van der Waals surface area contributed by atoms with Crippen molar-refractivity contribution >= 4 is 11.8 Å². The van der Waals surface area contributed by atoms with Gasteiger partial charge in [-0.3, -0.25) is 14.6 Å². The molecule has 5 heteroatoms. The van der Waals surface area contributed by atoms with Crippen molar-refractivity contribution in [1.82, 2.24) is 14.8 Å². The summed E-state index contributed by atoms with van der Waals surface area (Å²) in [5, 5.41) is 0. The van der Waals surface area contributed by atoms with E-state index in [0.29, 0.717) is 37.4 Å². The van der Waals surface area contributed by atoms with Gasteiger partial charge < -0.3 is 9.80 Å². The van der Waals surface area contributed by atoms with Gasteiger partial charge in [0.05, 0.1) is 0 Å². The molecule has 28 heavy (non-hydrogen) atoms. The summed E-state index contributed by atoms with van der Waals surface area (Å²) in [5.41, 5.74) is 3.22. The van der Waals surface area contributed by atoms with Crippen LogP contribution in [0, 0.1) is 0 Å². The highest BCUT2D eigenvalue weighted by molar-refractivity contribution is 5.96. The Hall–Kier alpha value is -3.47. The highest BCUT2D eigenvalue weighted by Crippen LogP contribution is 2.21. The van der Waals surface area contributed by atoms with Crippen molar-refractivity contribution in [3.8, 4) is 11.1 Å². The van der Waals surface area contributed by atoms with Gasteiger partial charge in [-0.15, -0.1) is 0 Å². The zero-order valence-corrected chi connectivity index (χ0v) is 15.5. The fourth-order valence-corrected chi connectivity index (χ4v) is 3.41. The monoisotopic (exact) mass is 371 g/mol. The number of carbonyl (C=O) groups excluding carboxylic acids is 2. The minimum absolute atomic E-state index is 0.00252. The van der Waals surface area contributed by atoms with Gasteiger partial charge in [0.25, 0.3) is 11.8 Å². The van der Waals surface area contributed by atoms with Gasteiger partial charge in [-0.2, -0.15) is 0 Å². The van der Waals surface area contributed by atoms with Gasteiger partial charge >= 0.3 is 0 Å². The standard InChI is InChI=1S/C23H21N3O2/c27-22(20-10-6-9-19(17-20)18-7-2-1-3-8-18)25-13-15-26(16-14-25)23(28)21-11-4-5-12-24-21/h1-12,17H,13-16H2. The third-order valence-corrected chi connectivity index (χ3v) is 4.95. The predicted molar refractivity (Wildman–Crippen MR) is 108 cm³/mol. The molecule has 1 saturated heterocycles. The van der Waals surface area contributed by atoms with E-state index >= 15 is 0 Å². The second-order valence-corrected chi connectivity index (χ2v) is 6.75. The molecule has 1 aliphatic rings. The van der Waals surface area contributed by atoms with Crippen LogP contribution in [0.2, 0.25) is 0 Å². The Kier molecular flexibility index (Phi) is 5.15. The van der Waals surface area contributed by atoms with Crippen molar-refractivity contribution in [2.45, 2.75) is 0 Å². The van der Waals surface area contributed by atoms with Crippen molar-refractivity contribution < 1.29 is 9.59 Å². The minimum Gasteiger partial charge on any atom is -0.335 e. The van der Waals surface area contributed by atoms with E-state index in [1.807, 2.05) is 59.5 Å². The molecule has 0 unspecified atom stereocenters. The SMILES string of the molecule is O=C(c1cccc(-c2ccccc2)c1)N1CCN(C(=O)c2ccccn2)CC1. The molecule has 0 spiro atoms. The zero-order chi connectivity index (χ0) is 19.3. The number of nitrogens with zero attached hydrogens (tertiary/aromatic N) is 3. The molecule has 1 aromatic heterocycles. The van der Waals surface area contributed by atoms with E-state index in [2.05, 4.69) is 4.98 Å². The Bertz CT molecular complexity index is 965. The molecule has 4 rings (SSSR count). The molecule has 5 nitrogen and oxygen atoms in total. The molecule has 0 N–H and O–H groups in total. The van der Waals surface area contributed by atoms with Gasteiger partial charge in [-0.25, -0.2) is 0 Å². The number of carbonyl (C=O) groups is 2. The first-order valence-corrected chi connectivity index (χ1v) is 9.37. The molecule has 2 amide bonds. The van der Waals surface area contributed by atoms with Crippen LogP contribution in [0.15, 0.2) is 79.0 Å². The summed E-state index contributed by atoms with van der Waals surface area (Å²) in [6, 6.07) is 23.0. The van der Waals surface area contributed by atoms with Crippen molar-refractivity contribution in [3.05, 3.63) is 90.3 Å². The van der Waals surface area contributed by atoms with Crippen LogP contribution < -0.4 is 0 Å². The van der Waals surface area contributed by atoms with Crippen molar-refractivity contribution in [2.24, 2.45) is 0 Å². The first-order chi connectivity index (χ1) is 13.7. The third-order valence-electron chi connectivity index (χ3n) is 4.95. The summed E-state index contributed by atoms with van der Waals surface area (Å²) < 4.78 is 0. The summed E-state index contributed by atoms with van der Waals surface area (Å²) in [5.74, 6) is -0.0820. The number of pyridine rings is 1. The van der Waals surface area contributed by atoms with Crippen LogP contribution in [0.3, 0.4) is 0 Å². The molecule has 0 bridgehead atoms. The maximum absolute atomic E-state index is 12.9. The predicted octanol–water partition coefficient (Wildman–Crippen LogP) is 3.35. The van der Waals surface area contributed by atoms with E-state index in [4.69, 9.17) is 0 Å². The van der Waals surface area contributed by atoms with Gasteiger partial charge in [-0.05, 0) is 35.4 Å². The number of hydrogen-bond acceptors (Lipinski definition) is 3. The van der Waals surface area contributed by atoms with Crippen molar-refractivity contribution in [3.63, 3.8) is 0 Å². The van der Waals surface area contributed by atoms with Crippen LogP contribution in [0.1, 0.15) is 20.8 Å². The topological polar surface area (TPSA) is 53.5 Å². The zero-order valence-electron chi connectivity index (χ0n) is 15.5. The van der Waals surface area contributed by atoms with Crippen molar-refractivity contribution in [1.29, 1.82) is 0 Å². The Morgan fingerprint density at radius 3 is 2.00 bits per heavy atom. The van der Waals surface area contributed by atoms with E-state index in [1.54, 1.807) is 29.3 Å². The molecule has 0 saturated carbocycles. The first kappa shape index (κ1) is 17.9. The first-order valence-electron chi connectivity index (χ1n) is 9.37. The summed E-state index contributed by atoms with van der Waals surface area (Å²) in [7, 11) is 0. The maximum Gasteiger partial charge on any atom is 0.272 e. The lowest BCUT2D eigenvalue weighted by atomic mass is 10.0. The van der Waals surface area contributed by atoms with E-state index in [1.165, 1.54) is 0 Å². The molecule has 2 aromatic carbocycles. The minimum atomic E-state index is -0.0845. The summed E-state index contributed by atoms with van der Waals surface area (Å²) >= 11 is 0. The van der Waals surface area contributed by atoms with E-state index in [-0.39, 0.29) is 11.8 Å². The van der Waals surface area contributed by atoms with E-state index < -0.39 is 0 Å². The highest BCUT2D eigenvalue weighted by atomic mass is 16.2. The number of rotatable bonds is 3. The van der Waals surface area contributed by atoms with Crippen LogP contribution in [0.5, 0.6) is 0 Å². The van der Waals surface area contributed by atoms with Crippen LogP contribution in [-0.4, -0.2) is 52.8 Å². The summed E-state index contributed by atoms with van der Waals surface area (Å²) in [6.45, 7) is 2.07. The maximum atomic E-state index is 12.9. The number of amides is 2. The molecular formula is C23H21N3O2. The molecule has 2 heterocycles. The highest BCUT2D eigenvalue weighted by Gasteiger charge is 2.26. The molecule has 1 fully saturated rings. The average molecular weight is 371 g/mol. The normalized spacial score (nSPS) is 14.0. The van der Waals surface area contributed by atoms with Crippen LogP contribution >= 0.6 is 0 Å². The molecular weight excluding hydrogens is 350 g/mol. The van der Waals surface area contributed by atoms with Gasteiger partial charge in [-0.1, -0.05) is 48.5 Å². The van der Waals surface area contributed by atoms with Gasteiger partial charge in [0, 0.05) is 37.9 Å². The summed E-state index contributed by atoms with van der Waals surface area (Å²) in [6.07, 6.45) is 1.62. The fraction of sp³-hybridized carbons (Fsp3) is 0.174. The molecule has 0 aliphatic carbocycles. The van der Waals surface area contributed by atoms with Crippen LogP contribution in [0.4, 0.5) is 0 Å². The van der Waals surface area contributed by atoms with Crippen LogP contribution in [-0.2, 0) is 0 Å². The fourth-order valence-electron chi connectivity index (χ4n) is 3.41. The Labute approximate surface area is 164 Å². The second kappa shape index (κ2) is 8.05. The quantitative estimate of drug-likeness (QED) is 0.709. The lowest BCUT2D eigenvalue weighted by Crippen LogP contribution is -2.50. The number of benzene rings is 2. The molecule has 0 radical (unpaired) electrons. The van der Waals surface area contributed by atoms with Crippen LogP contribution in [0.25, 0.3) is 11.1 Å². The number of hydrogen-bond donors (Lipinski definition) is 0. The van der Waals surface area contributed by atoms with Gasteiger partial charge in [0.15, 0.2) is 0 Å². The largest absolute Gasteiger partial charge is 0.335 e. The smallest absolute Gasteiger partial charge is 0.272 e. The Balaban J connectivity index is 1.43. The Morgan fingerprint density at radius 2 is 1.32 bits per heavy atom. The molecule has 1 aliphatic heterocycles. The third kappa shape index (κ3) is 3.78. The van der Waals surface area contributed by atoms with Gasteiger partial charge in [0.2, 0.25) is 0 Å². The lowest BCUT2D eigenvalue weighted by molar-refractivity contribution is 0.0532. The second-order valence-electron chi connectivity index (χ2n) is 6.75. The number of aromatic nitrogens is 1. The average Bonchev–Trinajstić information content (AvgIpc) is 2.79. The molecule has 0 atom stereocenters.